The Bertz CT molecular complexity index is 798. The summed E-state index contributed by atoms with van der Waals surface area (Å²) in [4.78, 5) is 42.4. The number of carbonyl (C=O) groups excluding carboxylic acids is 3. The average molecular weight is 414 g/mol. The molecule has 0 bridgehead atoms. The van der Waals surface area contributed by atoms with Crippen LogP contribution in [0.25, 0.3) is 0 Å². The monoisotopic (exact) mass is 413 g/mol. The molecule has 0 aromatic heterocycles. The van der Waals surface area contributed by atoms with Crippen molar-refractivity contribution >= 4 is 17.7 Å². The van der Waals surface area contributed by atoms with Crippen LogP contribution in [0.5, 0.6) is 0 Å². The van der Waals surface area contributed by atoms with Gasteiger partial charge in [-0.05, 0) is 30.9 Å². The number of piperidine rings is 1. The summed E-state index contributed by atoms with van der Waals surface area (Å²) in [7, 11) is 0. The van der Waals surface area contributed by atoms with Crippen molar-refractivity contribution in [3.05, 3.63) is 35.9 Å². The molecule has 30 heavy (non-hydrogen) atoms. The van der Waals surface area contributed by atoms with Crippen molar-refractivity contribution in [1.82, 2.24) is 15.1 Å². The summed E-state index contributed by atoms with van der Waals surface area (Å²) >= 11 is 0. The van der Waals surface area contributed by atoms with Gasteiger partial charge in [0.05, 0.1) is 6.61 Å². The molecule has 3 fully saturated rings. The van der Waals surface area contributed by atoms with Crippen LogP contribution in [0.15, 0.2) is 30.3 Å². The second-order valence-corrected chi connectivity index (χ2v) is 8.98. The Morgan fingerprint density at radius 3 is 2.40 bits per heavy atom. The number of nitrogens with zero attached hydrogens (tertiary/aromatic N) is 2. The van der Waals surface area contributed by atoms with Crippen LogP contribution in [0.1, 0.15) is 49.9 Å². The van der Waals surface area contributed by atoms with E-state index < -0.39 is 11.8 Å². The minimum absolute atomic E-state index is 0.0634. The first-order valence-electron chi connectivity index (χ1n) is 11.0. The summed E-state index contributed by atoms with van der Waals surface area (Å²) < 4.78 is 6.19. The van der Waals surface area contributed by atoms with Crippen LogP contribution >= 0.6 is 0 Å². The topological polar surface area (TPSA) is 79.0 Å². The van der Waals surface area contributed by atoms with E-state index in [1.165, 1.54) is 0 Å². The van der Waals surface area contributed by atoms with E-state index in [-0.39, 0.29) is 30.2 Å². The second-order valence-electron chi connectivity index (χ2n) is 8.98. The number of hydrogen-bond donors (Lipinski definition) is 1. The molecule has 1 atom stereocenters. The Morgan fingerprint density at radius 2 is 1.80 bits per heavy atom. The highest BCUT2D eigenvalue weighted by Gasteiger charge is 2.54. The highest BCUT2D eigenvalue weighted by molar-refractivity contribution is 5.98. The van der Waals surface area contributed by atoms with Crippen LogP contribution in [0.2, 0.25) is 0 Å². The molecule has 1 aromatic carbocycles. The fourth-order valence-corrected chi connectivity index (χ4v) is 4.41. The molecule has 1 saturated carbocycles. The van der Waals surface area contributed by atoms with E-state index in [1.54, 1.807) is 17.0 Å². The zero-order valence-electron chi connectivity index (χ0n) is 17.8. The number of rotatable bonds is 5. The Kier molecular flexibility index (Phi) is 5.82. The quantitative estimate of drug-likeness (QED) is 0.801. The third kappa shape index (κ3) is 4.08. The van der Waals surface area contributed by atoms with Gasteiger partial charge in [-0.3, -0.25) is 19.3 Å². The summed E-state index contributed by atoms with van der Waals surface area (Å²) in [5.41, 5.74) is -0.300. The van der Waals surface area contributed by atoms with Crippen molar-refractivity contribution in [2.24, 2.45) is 11.8 Å². The van der Waals surface area contributed by atoms with E-state index in [2.05, 4.69) is 5.32 Å². The highest BCUT2D eigenvalue weighted by Crippen LogP contribution is 2.39. The number of nitrogens with one attached hydrogen (secondary N) is 1. The maximum absolute atomic E-state index is 13.5. The van der Waals surface area contributed by atoms with Crippen LogP contribution in [-0.4, -0.2) is 65.5 Å². The van der Waals surface area contributed by atoms with Gasteiger partial charge in [0, 0.05) is 44.0 Å². The highest BCUT2D eigenvalue weighted by atomic mass is 16.5. The lowest BCUT2D eigenvalue weighted by Crippen LogP contribution is -2.60. The molecule has 2 saturated heterocycles. The number of hydrogen-bond acceptors (Lipinski definition) is 4. The van der Waals surface area contributed by atoms with Crippen molar-refractivity contribution in [3.63, 3.8) is 0 Å². The van der Waals surface area contributed by atoms with E-state index in [0.717, 1.165) is 12.8 Å². The number of amides is 3. The fraction of sp³-hybridized carbons (Fsp3) is 0.609. The molecule has 1 aromatic rings. The van der Waals surface area contributed by atoms with Crippen molar-refractivity contribution in [2.45, 2.75) is 51.3 Å². The lowest BCUT2D eigenvalue weighted by Gasteiger charge is -2.44. The molecule has 1 spiro atoms. The maximum Gasteiger partial charge on any atom is 0.256 e. The summed E-state index contributed by atoms with van der Waals surface area (Å²) in [6.45, 7) is 5.67. The van der Waals surface area contributed by atoms with E-state index in [1.807, 2.05) is 36.9 Å². The first-order valence-corrected chi connectivity index (χ1v) is 11.0. The van der Waals surface area contributed by atoms with E-state index in [9.17, 15) is 14.4 Å². The van der Waals surface area contributed by atoms with E-state index in [0.29, 0.717) is 44.0 Å². The van der Waals surface area contributed by atoms with Gasteiger partial charge in [0.1, 0.15) is 11.8 Å². The molecule has 3 amide bonds. The Labute approximate surface area is 177 Å². The third-order valence-electron chi connectivity index (χ3n) is 6.41. The van der Waals surface area contributed by atoms with Crippen molar-refractivity contribution in [2.75, 3.05) is 26.2 Å². The normalized spacial score (nSPS) is 23.1. The van der Waals surface area contributed by atoms with Gasteiger partial charge >= 0.3 is 0 Å². The lowest BCUT2D eigenvalue weighted by molar-refractivity contribution is -0.146. The SMILES string of the molecule is CC(C)C(=O)N1CCC2(CC1)OCC(C(=O)NCC1CC1)N2C(=O)c1ccccc1. The van der Waals surface area contributed by atoms with Crippen LogP contribution in [0, 0.1) is 11.8 Å². The number of likely N-dealkylation sites (tertiary alicyclic amines) is 1. The third-order valence-corrected chi connectivity index (χ3v) is 6.41. The zero-order chi connectivity index (χ0) is 21.3. The molecule has 0 radical (unpaired) electrons. The molecule has 1 aliphatic carbocycles. The maximum atomic E-state index is 13.5. The van der Waals surface area contributed by atoms with E-state index >= 15 is 0 Å². The molecular weight excluding hydrogens is 382 g/mol. The molecule has 162 valence electrons. The zero-order valence-corrected chi connectivity index (χ0v) is 17.8. The fourth-order valence-electron chi connectivity index (χ4n) is 4.41. The summed E-state index contributed by atoms with van der Waals surface area (Å²) in [6.07, 6.45) is 3.32. The molecule has 3 aliphatic rings. The van der Waals surface area contributed by atoms with E-state index in [4.69, 9.17) is 4.74 Å². The summed E-state index contributed by atoms with van der Waals surface area (Å²) in [6, 6.07) is 8.40. The number of ether oxygens (including phenoxy) is 1. The van der Waals surface area contributed by atoms with Gasteiger partial charge in [0.15, 0.2) is 0 Å². The van der Waals surface area contributed by atoms with Crippen LogP contribution in [0.3, 0.4) is 0 Å². The van der Waals surface area contributed by atoms with Crippen molar-refractivity contribution in [3.8, 4) is 0 Å². The number of carbonyl (C=O) groups is 3. The molecule has 2 aliphatic heterocycles. The minimum Gasteiger partial charge on any atom is -0.354 e. The first kappa shape index (κ1) is 20.8. The number of benzene rings is 1. The van der Waals surface area contributed by atoms with Gasteiger partial charge < -0.3 is 15.0 Å². The van der Waals surface area contributed by atoms with Gasteiger partial charge in [-0.15, -0.1) is 0 Å². The average Bonchev–Trinajstić information content (AvgIpc) is 3.53. The van der Waals surface area contributed by atoms with Crippen molar-refractivity contribution < 1.29 is 19.1 Å². The summed E-state index contributed by atoms with van der Waals surface area (Å²) in [5, 5.41) is 3.01. The molecular formula is C23H31N3O4. The molecule has 7 heteroatoms. The smallest absolute Gasteiger partial charge is 0.256 e. The minimum atomic E-state index is -0.845. The first-order chi connectivity index (χ1) is 14.4. The summed E-state index contributed by atoms with van der Waals surface area (Å²) in [5.74, 6) is 0.273. The predicted octanol–water partition coefficient (Wildman–Crippen LogP) is 2.03. The molecule has 1 N–H and O–H groups in total. The van der Waals surface area contributed by atoms with Crippen LogP contribution in [0.4, 0.5) is 0 Å². The van der Waals surface area contributed by atoms with Gasteiger partial charge in [-0.1, -0.05) is 32.0 Å². The second kappa shape index (κ2) is 8.38. The Balaban J connectivity index is 1.55. The van der Waals surface area contributed by atoms with Gasteiger partial charge in [-0.25, -0.2) is 0 Å². The van der Waals surface area contributed by atoms with Gasteiger partial charge in [0.25, 0.3) is 5.91 Å². The van der Waals surface area contributed by atoms with Crippen LogP contribution < -0.4 is 5.32 Å². The van der Waals surface area contributed by atoms with Gasteiger partial charge in [0.2, 0.25) is 11.8 Å². The predicted molar refractivity (Wildman–Crippen MR) is 111 cm³/mol. The largest absolute Gasteiger partial charge is 0.354 e. The lowest BCUT2D eigenvalue weighted by atomic mass is 9.95. The molecule has 7 nitrogen and oxygen atoms in total. The molecule has 4 rings (SSSR count). The Morgan fingerprint density at radius 1 is 1.13 bits per heavy atom. The molecule has 1 unspecified atom stereocenters. The molecule has 2 heterocycles. The van der Waals surface area contributed by atoms with Gasteiger partial charge in [-0.2, -0.15) is 0 Å². The van der Waals surface area contributed by atoms with Crippen molar-refractivity contribution in [1.29, 1.82) is 0 Å². The standard InChI is InChI=1S/C23H31N3O4/c1-16(2)21(28)25-12-10-23(11-13-25)26(22(29)18-6-4-3-5-7-18)19(15-30-23)20(27)24-14-17-8-9-17/h3-7,16-17,19H,8-15H2,1-2H3,(H,24,27). The Hall–Kier alpha value is -2.41. The van der Waals surface area contributed by atoms with Crippen LogP contribution in [-0.2, 0) is 14.3 Å².